The van der Waals surface area contributed by atoms with E-state index in [0.29, 0.717) is 26.0 Å². The van der Waals surface area contributed by atoms with Gasteiger partial charge in [0.05, 0.1) is 6.04 Å². The van der Waals surface area contributed by atoms with E-state index in [-0.39, 0.29) is 24.7 Å². The van der Waals surface area contributed by atoms with E-state index in [1.54, 1.807) is 0 Å². The first-order valence-corrected chi connectivity index (χ1v) is 10.7. The SMILES string of the molecule is CC(C)C[C@H](NC(=O)[C@H]1CCCO1)C(=O)N[C@@H](C[C@@H]1CCNC1=O)C(=O)COC(F)(F)F. The molecule has 3 amide bonds. The van der Waals surface area contributed by atoms with Gasteiger partial charge in [0, 0.05) is 19.1 Å². The third-order valence-corrected chi connectivity index (χ3v) is 5.33. The van der Waals surface area contributed by atoms with Crippen molar-refractivity contribution in [2.45, 2.75) is 70.5 Å². The fourth-order valence-corrected chi connectivity index (χ4v) is 3.70. The molecule has 0 aromatic heterocycles. The normalized spacial score (nSPS) is 23.0. The zero-order chi connectivity index (χ0) is 23.9. The van der Waals surface area contributed by atoms with Gasteiger partial charge in [0.1, 0.15) is 18.8 Å². The second-order valence-electron chi connectivity index (χ2n) is 8.47. The Labute approximate surface area is 184 Å². The summed E-state index contributed by atoms with van der Waals surface area (Å²) in [6, 6.07) is -2.38. The van der Waals surface area contributed by atoms with Crippen LogP contribution in [0.2, 0.25) is 0 Å². The molecule has 2 rings (SSSR count). The van der Waals surface area contributed by atoms with E-state index in [0.717, 1.165) is 6.42 Å². The summed E-state index contributed by atoms with van der Waals surface area (Å²) in [5.74, 6) is -3.14. The fraction of sp³-hybridized carbons (Fsp3) is 0.800. The van der Waals surface area contributed by atoms with Gasteiger partial charge in [-0.2, -0.15) is 0 Å². The van der Waals surface area contributed by atoms with Crippen LogP contribution in [0, 0.1) is 11.8 Å². The highest BCUT2D eigenvalue weighted by Crippen LogP contribution is 2.20. The van der Waals surface area contributed by atoms with Crippen LogP contribution in [0.15, 0.2) is 0 Å². The van der Waals surface area contributed by atoms with Crippen molar-refractivity contribution in [3.05, 3.63) is 0 Å². The molecule has 4 atom stereocenters. The monoisotopic (exact) mass is 465 g/mol. The second-order valence-corrected chi connectivity index (χ2v) is 8.47. The molecule has 0 aliphatic carbocycles. The number of ether oxygens (including phenoxy) is 2. The molecule has 3 N–H and O–H groups in total. The molecule has 182 valence electrons. The lowest BCUT2D eigenvalue weighted by atomic mass is 9.95. The number of carbonyl (C=O) groups is 4. The standard InChI is InChI=1S/C20H30F3N3O6/c1-11(2)8-14(26-19(30)16-4-3-7-31-16)18(29)25-13(9-12-5-6-24-17(12)28)15(27)10-32-20(21,22)23/h11-14,16H,3-10H2,1-2H3,(H,24,28)(H,25,29)(H,26,30)/t12-,13-,14-,16+/m0/s1. The number of halogens is 3. The first kappa shape index (κ1) is 26.0. The van der Waals surface area contributed by atoms with Gasteiger partial charge in [-0.15, -0.1) is 13.2 Å². The molecule has 32 heavy (non-hydrogen) atoms. The van der Waals surface area contributed by atoms with Crippen LogP contribution in [-0.2, 0) is 28.7 Å². The van der Waals surface area contributed by atoms with Gasteiger partial charge >= 0.3 is 6.36 Å². The molecule has 0 aromatic rings. The Kier molecular flexibility index (Phi) is 9.44. The summed E-state index contributed by atoms with van der Waals surface area (Å²) < 4.78 is 46.1. The van der Waals surface area contributed by atoms with Gasteiger partial charge in [-0.1, -0.05) is 13.8 Å². The molecule has 0 unspecified atom stereocenters. The van der Waals surface area contributed by atoms with E-state index >= 15 is 0 Å². The predicted molar refractivity (Wildman–Crippen MR) is 105 cm³/mol. The minimum absolute atomic E-state index is 0.00105. The molecule has 2 saturated heterocycles. The predicted octanol–water partition coefficient (Wildman–Crippen LogP) is 0.813. The number of amides is 3. The van der Waals surface area contributed by atoms with Gasteiger partial charge in [-0.3, -0.25) is 23.9 Å². The number of hydrogen-bond acceptors (Lipinski definition) is 6. The van der Waals surface area contributed by atoms with E-state index < -0.39 is 54.7 Å². The molecule has 2 aliphatic heterocycles. The molecule has 12 heteroatoms. The van der Waals surface area contributed by atoms with Gasteiger partial charge in [-0.05, 0) is 38.0 Å². The van der Waals surface area contributed by atoms with Gasteiger partial charge in [0.25, 0.3) is 0 Å². The topological polar surface area (TPSA) is 123 Å². The smallest absolute Gasteiger partial charge is 0.368 e. The zero-order valence-electron chi connectivity index (χ0n) is 18.1. The van der Waals surface area contributed by atoms with Crippen LogP contribution < -0.4 is 16.0 Å². The van der Waals surface area contributed by atoms with E-state index in [1.807, 2.05) is 13.8 Å². The Bertz CT molecular complexity index is 695. The summed E-state index contributed by atoms with van der Waals surface area (Å²) in [5.41, 5.74) is 0. The highest BCUT2D eigenvalue weighted by Gasteiger charge is 2.36. The Morgan fingerprint density at radius 1 is 1.19 bits per heavy atom. The molecule has 2 heterocycles. The molecule has 0 bridgehead atoms. The summed E-state index contributed by atoms with van der Waals surface area (Å²) in [6.45, 7) is 3.20. The van der Waals surface area contributed by atoms with Crippen LogP contribution >= 0.6 is 0 Å². The van der Waals surface area contributed by atoms with Crippen molar-refractivity contribution < 1.29 is 41.8 Å². The summed E-state index contributed by atoms with van der Waals surface area (Å²) in [4.78, 5) is 49.6. The molecular weight excluding hydrogens is 435 g/mol. The summed E-state index contributed by atoms with van der Waals surface area (Å²) >= 11 is 0. The average molecular weight is 465 g/mol. The number of Topliss-reactive ketones (excluding diaryl/α,β-unsaturated/α-hetero) is 1. The molecule has 0 spiro atoms. The number of hydrogen-bond donors (Lipinski definition) is 3. The Morgan fingerprint density at radius 3 is 2.44 bits per heavy atom. The van der Waals surface area contributed by atoms with Crippen LogP contribution in [0.25, 0.3) is 0 Å². The van der Waals surface area contributed by atoms with Crippen LogP contribution in [0.4, 0.5) is 13.2 Å². The Hall–Kier alpha value is -2.21. The molecule has 9 nitrogen and oxygen atoms in total. The van der Waals surface area contributed by atoms with Crippen LogP contribution in [0.1, 0.15) is 46.0 Å². The summed E-state index contributed by atoms with van der Waals surface area (Å²) in [7, 11) is 0. The van der Waals surface area contributed by atoms with E-state index in [2.05, 4.69) is 20.7 Å². The maximum absolute atomic E-state index is 12.9. The lowest BCUT2D eigenvalue weighted by Crippen LogP contribution is -2.54. The molecule has 0 saturated carbocycles. The van der Waals surface area contributed by atoms with Crippen LogP contribution in [0.5, 0.6) is 0 Å². The van der Waals surface area contributed by atoms with Crippen molar-refractivity contribution in [1.82, 2.24) is 16.0 Å². The number of ketones is 1. The van der Waals surface area contributed by atoms with Gasteiger partial charge in [0.2, 0.25) is 17.7 Å². The van der Waals surface area contributed by atoms with Crippen molar-refractivity contribution in [3.8, 4) is 0 Å². The summed E-state index contributed by atoms with van der Waals surface area (Å²) in [5, 5.41) is 7.63. The lowest BCUT2D eigenvalue weighted by Gasteiger charge is -2.26. The Morgan fingerprint density at radius 2 is 1.91 bits per heavy atom. The highest BCUT2D eigenvalue weighted by molar-refractivity contribution is 5.94. The second kappa shape index (κ2) is 11.6. The average Bonchev–Trinajstić information content (AvgIpc) is 3.36. The summed E-state index contributed by atoms with van der Waals surface area (Å²) in [6.07, 6.45) is -3.96. The van der Waals surface area contributed by atoms with Crippen molar-refractivity contribution in [1.29, 1.82) is 0 Å². The minimum Gasteiger partial charge on any atom is -0.368 e. The lowest BCUT2D eigenvalue weighted by molar-refractivity contribution is -0.321. The highest BCUT2D eigenvalue weighted by atomic mass is 19.4. The molecule has 2 fully saturated rings. The van der Waals surface area contributed by atoms with Gasteiger partial charge in [-0.25, -0.2) is 0 Å². The maximum atomic E-state index is 12.9. The van der Waals surface area contributed by atoms with Crippen molar-refractivity contribution >= 4 is 23.5 Å². The van der Waals surface area contributed by atoms with Gasteiger partial charge in [0.15, 0.2) is 5.78 Å². The van der Waals surface area contributed by atoms with E-state index in [4.69, 9.17) is 4.74 Å². The Balaban J connectivity index is 2.09. The number of nitrogens with one attached hydrogen (secondary N) is 3. The molecular formula is C20H30F3N3O6. The first-order chi connectivity index (χ1) is 15.0. The third-order valence-electron chi connectivity index (χ3n) is 5.33. The molecule has 0 radical (unpaired) electrons. The van der Waals surface area contributed by atoms with Crippen LogP contribution in [0.3, 0.4) is 0 Å². The molecule has 2 aliphatic rings. The number of rotatable bonds is 11. The van der Waals surface area contributed by atoms with E-state index in [9.17, 15) is 32.3 Å². The van der Waals surface area contributed by atoms with Crippen molar-refractivity contribution in [3.63, 3.8) is 0 Å². The van der Waals surface area contributed by atoms with Gasteiger partial charge < -0.3 is 20.7 Å². The number of alkyl halides is 3. The maximum Gasteiger partial charge on any atom is 0.522 e. The number of carbonyl (C=O) groups excluding carboxylic acids is 4. The fourth-order valence-electron chi connectivity index (χ4n) is 3.70. The first-order valence-electron chi connectivity index (χ1n) is 10.7. The molecule has 0 aromatic carbocycles. The van der Waals surface area contributed by atoms with Crippen LogP contribution in [-0.4, -0.2) is 67.8 Å². The van der Waals surface area contributed by atoms with Crippen molar-refractivity contribution in [2.75, 3.05) is 19.8 Å². The quantitative estimate of drug-likeness (QED) is 0.415. The zero-order valence-corrected chi connectivity index (χ0v) is 18.1. The minimum atomic E-state index is -5.01. The van der Waals surface area contributed by atoms with E-state index in [1.165, 1.54) is 0 Å². The third kappa shape index (κ3) is 8.38. The van der Waals surface area contributed by atoms with Crippen molar-refractivity contribution in [2.24, 2.45) is 11.8 Å². The largest absolute Gasteiger partial charge is 0.522 e.